The molecule has 7 nitrogen and oxygen atoms in total. The lowest BCUT2D eigenvalue weighted by Crippen LogP contribution is -2.39. The molecule has 1 amide bonds. The van der Waals surface area contributed by atoms with E-state index in [4.69, 9.17) is 0 Å². The number of carbonyl (C=O) groups is 1. The van der Waals surface area contributed by atoms with Gasteiger partial charge in [0.25, 0.3) is 0 Å². The van der Waals surface area contributed by atoms with Gasteiger partial charge in [0.2, 0.25) is 11.0 Å². The fourth-order valence-corrected chi connectivity index (χ4v) is 3.76. The molecule has 0 bridgehead atoms. The third-order valence-corrected chi connectivity index (χ3v) is 4.92. The zero-order valence-corrected chi connectivity index (χ0v) is 15.4. The first-order valence-corrected chi connectivity index (χ1v) is 9.18. The summed E-state index contributed by atoms with van der Waals surface area (Å²) in [4.78, 5) is 12.4. The van der Waals surface area contributed by atoms with E-state index in [0.717, 1.165) is 22.6 Å². The fraction of sp³-hybridized carbons (Fsp3) is 0.471. The molecule has 2 atom stereocenters. The first-order valence-electron chi connectivity index (χ1n) is 8.36. The smallest absolute Gasteiger partial charge is 0.244 e. The van der Waals surface area contributed by atoms with E-state index >= 15 is 0 Å². The largest absolute Gasteiger partial charge is 0.508 e. The summed E-state index contributed by atoms with van der Waals surface area (Å²) in [6.45, 7) is 6.17. The van der Waals surface area contributed by atoms with Crippen molar-refractivity contribution >= 4 is 22.4 Å². The van der Waals surface area contributed by atoms with E-state index < -0.39 is 6.04 Å². The molecular weight excluding hydrogens is 338 g/mol. The van der Waals surface area contributed by atoms with Gasteiger partial charge in [0.15, 0.2) is 0 Å². The third-order valence-electron chi connectivity index (χ3n) is 4.06. The molecule has 25 heavy (non-hydrogen) atoms. The van der Waals surface area contributed by atoms with Crippen LogP contribution >= 0.6 is 11.3 Å². The molecule has 1 saturated heterocycles. The molecule has 0 spiro atoms. The predicted octanol–water partition coefficient (Wildman–Crippen LogP) is 2.30. The van der Waals surface area contributed by atoms with Crippen molar-refractivity contribution in [3.63, 3.8) is 0 Å². The van der Waals surface area contributed by atoms with E-state index in [9.17, 15) is 9.90 Å². The molecule has 3 rings (SSSR count). The normalized spacial score (nSPS) is 20.2. The Morgan fingerprint density at radius 3 is 2.92 bits per heavy atom. The molecule has 2 heterocycles. The fourth-order valence-electron chi connectivity index (χ4n) is 2.81. The highest BCUT2D eigenvalue weighted by atomic mass is 32.1. The molecular formula is C17H23N5O2S. The maximum atomic E-state index is 12.4. The molecule has 4 N–H and O–H groups in total. The number of amides is 1. The van der Waals surface area contributed by atoms with Crippen LogP contribution in [0.15, 0.2) is 18.2 Å². The standard InChI is InChI=1S/C17H23N5O2S/c1-9(2)6-15-21-22-17(25-15)18-16(24)13-8-12(19-20-13)11-5-4-10(3)7-14(11)23/h4-5,7,9,12-13,19-20,23H,6,8H2,1-3H3,(H,18,22,24). The SMILES string of the molecule is Cc1ccc(C2CC(C(=O)Nc3nnc(CC(C)C)s3)NN2)c(O)c1. The number of aromatic hydroxyl groups is 1. The monoisotopic (exact) mass is 361 g/mol. The zero-order valence-electron chi connectivity index (χ0n) is 14.5. The van der Waals surface area contributed by atoms with Crippen LogP contribution in [0.2, 0.25) is 0 Å². The van der Waals surface area contributed by atoms with Crippen LogP contribution in [-0.2, 0) is 11.2 Å². The average molecular weight is 361 g/mol. The summed E-state index contributed by atoms with van der Waals surface area (Å²) >= 11 is 1.41. The minimum atomic E-state index is -0.400. The number of benzene rings is 1. The van der Waals surface area contributed by atoms with Crippen molar-refractivity contribution in [1.82, 2.24) is 21.0 Å². The van der Waals surface area contributed by atoms with E-state index in [2.05, 4.69) is 40.2 Å². The molecule has 0 aliphatic carbocycles. The molecule has 1 fully saturated rings. The predicted molar refractivity (Wildman–Crippen MR) is 97.3 cm³/mol. The number of nitrogens with zero attached hydrogens (tertiary/aromatic N) is 2. The number of phenols is 1. The van der Waals surface area contributed by atoms with E-state index in [1.165, 1.54) is 11.3 Å². The summed E-state index contributed by atoms with van der Waals surface area (Å²) in [5.41, 5.74) is 7.84. The van der Waals surface area contributed by atoms with Gasteiger partial charge in [-0.1, -0.05) is 37.3 Å². The second-order valence-corrected chi connectivity index (χ2v) is 7.84. The zero-order chi connectivity index (χ0) is 18.0. The molecule has 0 saturated carbocycles. The highest BCUT2D eigenvalue weighted by Gasteiger charge is 2.31. The molecule has 134 valence electrons. The van der Waals surface area contributed by atoms with Crippen molar-refractivity contribution in [2.45, 2.75) is 45.7 Å². The molecule has 8 heteroatoms. The lowest BCUT2D eigenvalue weighted by molar-refractivity contribution is -0.117. The van der Waals surface area contributed by atoms with Crippen LogP contribution in [0.3, 0.4) is 0 Å². The van der Waals surface area contributed by atoms with Crippen molar-refractivity contribution in [3.05, 3.63) is 34.3 Å². The number of anilines is 1. The number of carbonyl (C=O) groups excluding carboxylic acids is 1. The third kappa shape index (κ3) is 4.33. The van der Waals surface area contributed by atoms with Crippen molar-refractivity contribution in [2.75, 3.05) is 5.32 Å². The number of hydrogen-bond donors (Lipinski definition) is 4. The van der Waals surface area contributed by atoms with Gasteiger partial charge in [-0.2, -0.15) is 0 Å². The van der Waals surface area contributed by atoms with Gasteiger partial charge in [-0.3, -0.25) is 10.1 Å². The van der Waals surface area contributed by atoms with E-state index in [-0.39, 0.29) is 17.7 Å². The van der Waals surface area contributed by atoms with Crippen LogP contribution in [0.1, 0.15) is 42.4 Å². The Kier molecular flexibility index (Phi) is 5.31. The molecule has 1 aliphatic heterocycles. The number of hydrogen-bond acceptors (Lipinski definition) is 7. The molecule has 2 unspecified atom stereocenters. The van der Waals surface area contributed by atoms with E-state index in [1.54, 1.807) is 6.07 Å². The Bertz CT molecular complexity index is 761. The Morgan fingerprint density at radius 1 is 1.40 bits per heavy atom. The Hall–Kier alpha value is -2.03. The Morgan fingerprint density at radius 2 is 2.20 bits per heavy atom. The van der Waals surface area contributed by atoms with Gasteiger partial charge in [-0.25, -0.2) is 10.9 Å². The van der Waals surface area contributed by atoms with Gasteiger partial charge in [-0.05, 0) is 30.9 Å². The van der Waals surface area contributed by atoms with Gasteiger partial charge in [-0.15, -0.1) is 10.2 Å². The maximum absolute atomic E-state index is 12.4. The molecule has 2 aromatic rings. The van der Waals surface area contributed by atoms with Crippen molar-refractivity contribution < 1.29 is 9.90 Å². The Balaban J connectivity index is 1.60. The topological polar surface area (TPSA) is 99.2 Å². The number of phenolic OH excluding ortho intramolecular Hbond substituents is 1. The van der Waals surface area contributed by atoms with Gasteiger partial charge >= 0.3 is 0 Å². The average Bonchev–Trinajstić information content (AvgIpc) is 3.16. The quantitative estimate of drug-likeness (QED) is 0.652. The van der Waals surface area contributed by atoms with Crippen molar-refractivity contribution in [1.29, 1.82) is 0 Å². The summed E-state index contributed by atoms with van der Waals surface area (Å²) in [6, 6.07) is 5.03. The second-order valence-electron chi connectivity index (χ2n) is 6.78. The van der Waals surface area contributed by atoms with Crippen LogP contribution in [0, 0.1) is 12.8 Å². The minimum Gasteiger partial charge on any atom is -0.508 e. The van der Waals surface area contributed by atoms with Crippen molar-refractivity contribution in [3.8, 4) is 5.75 Å². The lowest BCUT2D eigenvalue weighted by atomic mass is 9.99. The lowest BCUT2D eigenvalue weighted by Gasteiger charge is -2.12. The Labute approximate surface area is 150 Å². The van der Waals surface area contributed by atoms with Crippen LogP contribution in [-0.4, -0.2) is 27.3 Å². The van der Waals surface area contributed by atoms with E-state index in [1.807, 2.05) is 19.1 Å². The first-order chi connectivity index (χ1) is 11.9. The number of aromatic nitrogens is 2. The minimum absolute atomic E-state index is 0.123. The van der Waals surface area contributed by atoms with Gasteiger partial charge in [0.05, 0.1) is 6.04 Å². The summed E-state index contributed by atoms with van der Waals surface area (Å²) in [5.74, 6) is 0.580. The first kappa shape index (κ1) is 17.8. The number of nitrogens with one attached hydrogen (secondary N) is 3. The maximum Gasteiger partial charge on any atom is 0.244 e. The summed E-state index contributed by atoms with van der Waals surface area (Å²) in [7, 11) is 0. The van der Waals surface area contributed by atoms with Gasteiger partial charge in [0.1, 0.15) is 16.8 Å². The molecule has 1 aliphatic rings. The van der Waals surface area contributed by atoms with E-state index in [0.29, 0.717) is 17.5 Å². The summed E-state index contributed by atoms with van der Waals surface area (Å²) in [6.07, 6.45) is 1.39. The van der Waals surface area contributed by atoms with Crippen molar-refractivity contribution in [2.24, 2.45) is 5.92 Å². The van der Waals surface area contributed by atoms with Gasteiger partial charge in [0, 0.05) is 12.0 Å². The molecule has 1 aromatic heterocycles. The second kappa shape index (κ2) is 7.47. The van der Waals surface area contributed by atoms with Crippen LogP contribution in [0.25, 0.3) is 0 Å². The highest BCUT2D eigenvalue weighted by Crippen LogP contribution is 2.30. The van der Waals surface area contributed by atoms with Crippen LogP contribution < -0.4 is 16.2 Å². The number of aryl methyl sites for hydroxylation is 1. The molecule has 0 radical (unpaired) electrons. The molecule has 1 aromatic carbocycles. The highest BCUT2D eigenvalue weighted by molar-refractivity contribution is 7.15. The van der Waals surface area contributed by atoms with Crippen LogP contribution in [0.4, 0.5) is 5.13 Å². The summed E-state index contributed by atoms with van der Waals surface area (Å²) in [5, 5.41) is 22.5. The van der Waals surface area contributed by atoms with Gasteiger partial charge < -0.3 is 5.11 Å². The van der Waals surface area contributed by atoms with Crippen LogP contribution in [0.5, 0.6) is 5.75 Å². The number of rotatable bonds is 5. The number of hydrazine groups is 1. The summed E-state index contributed by atoms with van der Waals surface area (Å²) < 4.78 is 0.